The van der Waals surface area contributed by atoms with Crippen LogP contribution in [0.3, 0.4) is 0 Å². The van der Waals surface area contributed by atoms with Gasteiger partial charge in [0.15, 0.2) is 0 Å². The number of hydrogen-bond donors (Lipinski definition) is 1. The van der Waals surface area contributed by atoms with Gasteiger partial charge in [-0.25, -0.2) is 4.68 Å². The Balaban J connectivity index is 1.99. The number of primary amides is 1. The van der Waals surface area contributed by atoms with Crippen molar-refractivity contribution in [3.63, 3.8) is 0 Å². The molecule has 0 unspecified atom stereocenters. The molecule has 0 aliphatic carbocycles. The van der Waals surface area contributed by atoms with Gasteiger partial charge in [0.05, 0.1) is 22.0 Å². The van der Waals surface area contributed by atoms with Crippen LogP contribution in [0.2, 0.25) is 5.02 Å². The van der Waals surface area contributed by atoms with Crippen LogP contribution in [0.1, 0.15) is 38.4 Å². The molecular formula is C20H17ClN4O. The van der Waals surface area contributed by atoms with Gasteiger partial charge in [-0.3, -0.25) is 4.79 Å². The normalized spacial score (nSPS) is 10.5. The highest BCUT2D eigenvalue weighted by atomic mass is 35.5. The molecule has 3 rings (SSSR count). The molecule has 26 heavy (non-hydrogen) atoms. The molecule has 2 N–H and O–H groups in total. The summed E-state index contributed by atoms with van der Waals surface area (Å²) in [5.41, 5.74) is 11.0. The molecule has 0 atom stereocenters. The standard InChI is InChI=1S/C20H17ClN4O/c1-12-18(9-14-4-3-5-15(8-14)20(23)26)13(2)25(24-12)17-7-6-16(11-22)19(21)10-17/h3-8,10H,9H2,1-2H3,(H2,23,26). The molecule has 0 bridgehead atoms. The molecular weight excluding hydrogens is 348 g/mol. The van der Waals surface area contributed by atoms with Gasteiger partial charge in [0.2, 0.25) is 5.91 Å². The highest BCUT2D eigenvalue weighted by Gasteiger charge is 2.15. The van der Waals surface area contributed by atoms with Gasteiger partial charge in [-0.2, -0.15) is 10.4 Å². The molecule has 2 aromatic carbocycles. The summed E-state index contributed by atoms with van der Waals surface area (Å²) in [4.78, 5) is 11.4. The molecule has 0 saturated heterocycles. The minimum Gasteiger partial charge on any atom is -0.366 e. The SMILES string of the molecule is Cc1nn(-c2ccc(C#N)c(Cl)c2)c(C)c1Cc1cccc(C(N)=O)c1. The van der Waals surface area contributed by atoms with Crippen molar-refractivity contribution in [3.8, 4) is 11.8 Å². The largest absolute Gasteiger partial charge is 0.366 e. The molecule has 0 radical (unpaired) electrons. The Morgan fingerprint density at radius 1 is 1.27 bits per heavy atom. The first-order valence-electron chi connectivity index (χ1n) is 8.04. The minimum atomic E-state index is -0.441. The number of carbonyl (C=O) groups excluding carboxylic acids is 1. The second-order valence-corrected chi connectivity index (χ2v) is 6.49. The lowest BCUT2D eigenvalue weighted by molar-refractivity contribution is 0.1000. The van der Waals surface area contributed by atoms with Crippen molar-refractivity contribution in [3.05, 3.63) is 81.1 Å². The van der Waals surface area contributed by atoms with Crippen LogP contribution >= 0.6 is 11.6 Å². The molecule has 0 aliphatic rings. The Labute approximate surface area is 156 Å². The third-order valence-corrected chi connectivity index (χ3v) is 4.66. The Morgan fingerprint density at radius 2 is 2.04 bits per heavy atom. The van der Waals surface area contributed by atoms with Gasteiger partial charge in [-0.05, 0) is 49.7 Å². The van der Waals surface area contributed by atoms with Crippen molar-refractivity contribution >= 4 is 17.5 Å². The fourth-order valence-electron chi connectivity index (χ4n) is 2.95. The number of carbonyl (C=O) groups is 1. The van der Waals surface area contributed by atoms with Crippen molar-refractivity contribution < 1.29 is 4.79 Å². The quantitative estimate of drug-likeness (QED) is 0.765. The molecule has 0 fully saturated rings. The lowest BCUT2D eigenvalue weighted by Crippen LogP contribution is -2.11. The van der Waals surface area contributed by atoms with Gasteiger partial charge >= 0.3 is 0 Å². The number of rotatable bonds is 4. The highest BCUT2D eigenvalue weighted by Crippen LogP contribution is 2.24. The Kier molecular flexibility index (Phi) is 4.79. The van der Waals surface area contributed by atoms with E-state index in [9.17, 15) is 4.79 Å². The number of amides is 1. The first kappa shape index (κ1) is 17.7. The van der Waals surface area contributed by atoms with E-state index in [1.807, 2.05) is 36.7 Å². The lowest BCUT2D eigenvalue weighted by Gasteiger charge is -2.07. The number of nitriles is 1. The van der Waals surface area contributed by atoms with Gasteiger partial charge in [0.1, 0.15) is 6.07 Å². The van der Waals surface area contributed by atoms with Crippen LogP contribution < -0.4 is 5.73 Å². The van der Waals surface area contributed by atoms with E-state index in [1.165, 1.54) is 0 Å². The van der Waals surface area contributed by atoms with E-state index < -0.39 is 5.91 Å². The van der Waals surface area contributed by atoms with Gasteiger partial charge in [0.25, 0.3) is 0 Å². The summed E-state index contributed by atoms with van der Waals surface area (Å²) in [6, 6.07) is 14.6. The topological polar surface area (TPSA) is 84.7 Å². The predicted octanol–water partition coefficient (Wildman–Crippen LogP) is 3.70. The smallest absolute Gasteiger partial charge is 0.248 e. The number of aromatic nitrogens is 2. The summed E-state index contributed by atoms with van der Waals surface area (Å²) in [5, 5.41) is 14.0. The van der Waals surface area contributed by atoms with Gasteiger partial charge in [0, 0.05) is 23.2 Å². The fraction of sp³-hybridized carbons (Fsp3) is 0.150. The predicted molar refractivity (Wildman–Crippen MR) is 101 cm³/mol. The molecule has 0 saturated carbocycles. The molecule has 0 aliphatic heterocycles. The van der Waals surface area contributed by atoms with Crippen molar-refractivity contribution in [2.45, 2.75) is 20.3 Å². The zero-order valence-electron chi connectivity index (χ0n) is 14.5. The maximum Gasteiger partial charge on any atom is 0.248 e. The summed E-state index contributed by atoms with van der Waals surface area (Å²) >= 11 is 6.15. The molecule has 1 amide bonds. The van der Waals surface area contributed by atoms with Gasteiger partial charge in [-0.15, -0.1) is 0 Å². The van der Waals surface area contributed by atoms with Crippen molar-refractivity contribution in [1.82, 2.24) is 9.78 Å². The first-order chi connectivity index (χ1) is 12.4. The van der Waals surface area contributed by atoms with E-state index in [4.69, 9.17) is 22.6 Å². The number of benzene rings is 2. The molecule has 130 valence electrons. The monoisotopic (exact) mass is 364 g/mol. The second-order valence-electron chi connectivity index (χ2n) is 6.08. The summed E-state index contributed by atoms with van der Waals surface area (Å²) in [5.74, 6) is -0.441. The van der Waals surface area contributed by atoms with Crippen LogP contribution in [0.5, 0.6) is 0 Å². The third-order valence-electron chi connectivity index (χ3n) is 4.35. The first-order valence-corrected chi connectivity index (χ1v) is 8.42. The zero-order valence-corrected chi connectivity index (χ0v) is 15.2. The van der Waals surface area contributed by atoms with E-state index in [0.29, 0.717) is 22.6 Å². The number of halogens is 1. The molecule has 1 heterocycles. The highest BCUT2D eigenvalue weighted by molar-refractivity contribution is 6.31. The van der Waals surface area contributed by atoms with Crippen molar-refractivity contribution in [2.24, 2.45) is 5.73 Å². The summed E-state index contributed by atoms with van der Waals surface area (Å²) in [6.45, 7) is 3.93. The summed E-state index contributed by atoms with van der Waals surface area (Å²) in [6.07, 6.45) is 0.642. The van der Waals surface area contributed by atoms with Crippen molar-refractivity contribution in [2.75, 3.05) is 0 Å². The number of hydrogen-bond acceptors (Lipinski definition) is 3. The van der Waals surface area contributed by atoms with Crippen LogP contribution in [-0.2, 0) is 6.42 Å². The number of nitrogens with zero attached hydrogens (tertiary/aromatic N) is 3. The number of aryl methyl sites for hydroxylation is 1. The van der Waals surface area contributed by atoms with E-state index in [2.05, 4.69) is 11.2 Å². The van der Waals surface area contributed by atoms with E-state index >= 15 is 0 Å². The summed E-state index contributed by atoms with van der Waals surface area (Å²) < 4.78 is 1.82. The zero-order chi connectivity index (χ0) is 18.8. The molecule has 1 aromatic heterocycles. The van der Waals surface area contributed by atoms with Crippen LogP contribution in [0.15, 0.2) is 42.5 Å². The van der Waals surface area contributed by atoms with Crippen molar-refractivity contribution in [1.29, 1.82) is 5.26 Å². The Bertz CT molecular complexity index is 1050. The Morgan fingerprint density at radius 3 is 2.69 bits per heavy atom. The van der Waals surface area contributed by atoms with Crippen LogP contribution in [0.4, 0.5) is 0 Å². The van der Waals surface area contributed by atoms with Crippen LogP contribution in [0, 0.1) is 25.2 Å². The molecule has 6 heteroatoms. The minimum absolute atomic E-state index is 0.397. The number of nitrogens with two attached hydrogens (primary N) is 1. The maximum atomic E-state index is 11.4. The van der Waals surface area contributed by atoms with Crippen LogP contribution in [-0.4, -0.2) is 15.7 Å². The van der Waals surface area contributed by atoms with E-state index in [-0.39, 0.29) is 0 Å². The maximum absolute atomic E-state index is 11.4. The van der Waals surface area contributed by atoms with Gasteiger partial charge < -0.3 is 5.73 Å². The molecule has 5 nitrogen and oxygen atoms in total. The van der Waals surface area contributed by atoms with E-state index in [0.717, 1.165) is 28.2 Å². The third kappa shape index (κ3) is 3.32. The lowest BCUT2D eigenvalue weighted by atomic mass is 10.0. The van der Waals surface area contributed by atoms with Gasteiger partial charge in [-0.1, -0.05) is 23.7 Å². The van der Waals surface area contributed by atoms with Crippen LogP contribution in [0.25, 0.3) is 5.69 Å². The summed E-state index contributed by atoms with van der Waals surface area (Å²) in [7, 11) is 0. The second kappa shape index (κ2) is 7.03. The fourth-order valence-corrected chi connectivity index (χ4v) is 3.16. The molecule has 3 aromatic rings. The van der Waals surface area contributed by atoms with E-state index in [1.54, 1.807) is 24.3 Å². The molecule has 0 spiro atoms. The Hall–Kier alpha value is -3.10. The average molecular weight is 365 g/mol. The average Bonchev–Trinajstić information content (AvgIpc) is 2.90.